The molecule has 2 aliphatic rings. The minimum atomic E-state index is -0.892. The van der Waals surface area contributed by atoms with Crippen molar-refractivity contribution in [2.24, 2.45) is 5.41 Å². The summed E-state index contributed by atoms with van der Waals surface area (Å²) in [5.74, 6) is -2.10. The van der Waals surface area contributed by atoms with Gasteiger partial charge in [-0.3, -0.25) is 4.79 Å². The van der Waals surface area contributed by atoms with Crippen molar-refractivity contribution < 1.29 is 28.1 Å². The van der Waals surface area contributed by atoms with Crippen molar-refractivity contribution in [3.05, 3.63) is 24.0 Å². The predicted molar refractivity (Wildman–Crippen MR) is 70.6 cm³/mol. The van der Waals surface area contributed by atoms with Crippen LogP contribution in [0.3, 0.4) is 0 Å². The van der Waals surface area contributed by atoms with Gasteiger partial charge in [0.2, 0.25) is 5.75 Å². The smallest absolute Gasteiger partial charge is 0.323 e. The van der Waals surface area contributed by atoms with Crippen LogP contribution < -0.4 is 9.47 Å². The number of hydrogen-bond acceptors (Lipinski definition) is 5. The lowest BCUT2D eigenvalue weighted by molar-refractivity contribution is -0.156. The van der Waals surface area contributed by atoms with Crippen LogP contribution in [0.15, 0.2) is 18.2 Å². The van der Waals surface area contributed by atoms with Crippen molar-refractivity contribution >= 4 is 5.97 Å². The van der Waals surface area contributed by atoms with Crippen molar-refractivity contribution in [1.82, 2.24) is 0 Å². The van der Waals surface area contributed by atoms with Gasteiger partial charge in [0.25, 0.3) is 0 Å². The van der Waals surface area contributed by atoms with E-state index in [2.05, 4.69) is 0 Å². The van der Waals surface area contributed by atoms with E-state index in [1.807, 2.05) is 6.92 Å². The van der Waals surface area contributed by atoms with Crippen LogP contribution in [-0.4, -0.2) is 32.1 Å². The van der Waals surface area contributed by atoms with Crippen LogP contribution in [0.4, 0.5) is 4.39 Å². The van der Waals surface area contributed by atoms with Crippen LogP contribution in [0.25, 0.3) is 0 Å². The number of carbonyl (C=O) groups excluding carboxylic acids is 1. The largest absolute Gasteiger partial charge is 0.493 e. The molecular weight excluding hydrogens is 279 g/mol. The SMILES string of the molecule is CCC1(C(=O)Oc2c(F)cccc2OC)CC12OCCO2. The van der Waals surface area contributed by atoms with E-state index in [0.29, 0.717) is 26.1 Å². The molecule has 0 amide bonds. The fourth-order valence-electron chi connectivity index (χ4n) is 2.89. The van der Waals surface area contributed by atoms with E-state index in [4.69, 9.17) is 18.9 Å². The van der Waals surface area contributed by atoms with Crippen LogP contribution in [-0.2, 0) is 14.3 Å². The Morgan fingerprint density at radius 3 is 2.71 bits per heavy atom. The summed E-state index contributed by atoms with van der Waals surface area (Å²) in [7, 11) is 1.39. The van der Waals surface area contributed by atoms with Gasteiger partial charge in [-0.1, -0.05) is 13.0 Å². The molecule has 114 valence electrons. The van der Waals surface area contributed by atoms with Gasteiger partial charge < -0.3 is 18.9 Å². The molecule has 1 aromatic carbocycles. The zero-order valence-electron chi connectivity index (χ0n) is 12.0. The van der Waals surface area contributed by atoms with Crippen molar-refractivity contribution in [3.63, 3.8) is 0 Å². The highest BCUT2D eigenvalue weighted by atomic mass is 19.1. The summed E-state index contributed by atoms with van der Waals surface area (Å²) in [5, 5.41) is 0. The van der Waals surface area contributed by atoms with Crippen molar-refractivity contribution in [2.45, 2.75) is 25.6 Å². The number of carbonyl (C=O) groups is 1. The summed E-state index contributed by atoms with van der Waals surface area (Å²) in [6.45, 7) is 2.77. The Morgan fingerprint density at radius 2 is 2.10 bits per heavy atom. The Labute approximate surface area is 121 Å². The predicted octanol–water partition coefficient (Wildman–Crippen LogP) is 2.28. The summed E-state index contributed by atoms with van der Waals surface area (Å²) >= 11 is 0. The van der Waals surface area contributed by atoms with Crippen molar-refractivity contribution in [1.29, 1.82) is 0 Å². The number of methoxy groups -OCH3 is 1. The summed E-state index contributed by atoms with van der Waals surface area (Å²) in [4.78, 5) is 12.5. The number of ether oxygens (including phenoxy) is 4. The third-order valence-electron chi connectivity index (χ3n) is 4.23. The number of esters is 1. The zero-order chi connectivity index (χ0) is 15.1. The van der Waals surface area contributed by atoms with E-state index in [9.17, 15) is 9.18 Å². The Bertz CT molecular complexity index is 567. The van der Waals surface area contributed by atoms with Crippen LogP contribution >= 0.6 is 0 Å². The van der Waals surface area contributed by atoms with E-state index < -0.39 is 23.0 Å². The highest BCUT2D eigenvalue weighted by Gasteiger charge is 2.76. The first-order valence-corrected chi connectivity index (χ1v) is 6.91. The van der Waals surface area contributed by atoms with E-state index in [0.717, 1.165) is 0 Å². The summed E-state index contributed by atoms with van der Waals surface area (Å²) in [6, 6.07) is 4.24. The molecule has 1 saturated carbocycles. The van der Waals surface area contributed by atoms with Gasteiger partial charge in [-0.15, -0.1) is 0 Å². The van der Waals surface area contributed by atoms with Crippen molar-refractivity contribution in [3.8, 4) is 11.5 Å². The van der Waals surface area contributed by atoms with Crippen LogP contribution in [0.5, 0.6) is 11.5 Å². The molecule has 1 saturated heterocycles. The number of benzene rings is 1. The van der Waals surface area contributed by atoms with Gasteiger partial charge in [0, 0.05) is 6.42 Å². The number of para-hydroxylation sites is 1. The average molecular weight is 296 g/mol. The number of hydrogen-bond donors (Lipinski definition) is 0. The monoisotopic (exact) mass is 296 g/mol. The Balaban J connectivity index is 1.84. The van der Waals surface area contributed by atoms with Crippen LogP contribution in [0, 0.1) is 11.2 Å². The van der Waals surface area contributed by atoms with Gasteiger partial charge in [0.1, 0.15) is 5.41 Å². The summed E-state index contributed by atoms with van der Waals surface area (Å²) in [6.07, 6.45) is 0.939. The first-order valence-electron chi connectivity index (χ1n) is 6.91. The topological polar surface area (TPSA) is 54.0 Å². The third-order valence-corrected chi connectivity index (χ3v) is 4.23. The molecule has 0 bridgehead atoms. The van der Waals surface area contributed by atoms with E-state index >= 15 is 0 Å². The lowest BCUT2D eigenvalue weighted by Crippen LogP contribution is -2.32. The molecular formula is C15H17FO5. The lowest BCUT2D eigenvalue weighted by atomic mass is 10.0. The van der Waals surface area contributed by atoms with E-state index in [-0.39, 0.29) is 11.5 Å². The minimum Gasteiger partial charge on any atom is -0.493 e. The van der Waals surface area contributed by atoms with Crippen LogP contribution in [0.1, 0.15) is 19.8 Å². The molecule has 0 aromatic heterocycles. The van der Waals surface area contributed by atoms with Gasteiger partial charge in [-0.05, 0) is 18.6 Å². The van der Waals surface area contributed by atoms with Gasteiger partial charge in [-0.25, -0.2) is 4.39 Å². The number of rotatable bonds is 4. The molecule has 1 spiro atoms. The molecule has 21 heavy (non-hydrogen) atoms. The molecule has 6 heteroatoms. The minimum absolute atomic E-state index is 0.178. The molecule has 1 atom stereocenters. The van der Waals surface area contributed by atoms with Gasteiger partial charge in [0.05, 0.1) is 20.3 Å². The zero-order valence-corrected chi connectivity index (χ0v) is 12.0. The second-order valence-electron chi connectivity index (χ2n) is 5.22. The maximum atomic E-state index is 13.9. The van der Waals surface area contributed by atoms with E-state index in [1.165, 1.54) is 25.3 Å². The molecule has 1 unspecified atom stereocenters. The normalized spacial score (nSPS) is 25.9. The fourth-order valence-corrected chi connectivity index (χ4v) is 2.89. The second kappa shape index (κ2) is 4.96. The molecule has 1 aromatic rings. The van der Waals surface area contributed by atoms with Gasteiger partial charge >= 0.3 is 5.97 Å². The lowest BCUT2D eigenvalue weighted by Gasteiger charge is -2.19. The quantitative estimate of drug-likeness (QED) is 0.630. The first-order chi connectivity index (χ1) is 10.1. The number of halogens is 1. The molecule has 5 nitrogen and oxygen atoms in total. The molecule has 1 aliphatic heterocycles. The molecule has 3 rings (SSSR count). The Morgan fingerprint density at radius 1 is 1.38 bits per heavy atom. The highest BCUT2D eigenvalue weighted by Crippen LogP contribution is 2.64. The molecule has 2 fully saturated rings. The molecule has 0 N–H and O–H groups in total. The first kappa shape index (κ1) is 14.3. The molecule has 1 aliphatic carbocycles. The maximum Gasteiger partial charge on any atom is 0.323 e. The van der Waals surface area contributed by atoms with Crippen LogP contribution in [0.2, 0.25) is 0 Å². The maximum absolute atomic E-state index is 13.9. The summed E-state index contributed by atoms with van der Waals surface area (Å²) < 4.78 is 35.3. The highest BCUT2D eigenvalue weighted by molar-refractivity contribution is 5.85. The standard InChI is InChI=1S/C15H17FO5/c1-3-14(9-15(14)19-7-8-20-15)13(17)21-12-10(16)5-4-6-11(12)18-2/h4-6H,3,7-9H2,1-2H3. The average Bonchev–Trinajstić information content (AvgIpc) is 2.87. The van der Waals surface area contributed by atoms with Crippen molar-refractivity contribution in [2.75, 3.05) is 20.3 Å². The second-order valence-corrected chi connectivity index (χ2v) is 5.22. The Hall–Kier alpha value is -1.66. The summed E-state index contributed by atoms with van der Waals surface area (Å²) in [5.41, 5.74) is -0.864. The Kier molecular flexibility index (Phi) is 3.37. The van der Waals surface area contributed by atoms with Gasteiger partial charge in [0.15, 0.2) is 17.4 Å². The fraction of sp³-hybridized carbons (Fsp3) is 0.533. The molecule has 0 radical (unpaired) electrons. The third kappa shape index (κ3) is 2.01. The van der Waals surface area contributed by atoms with E-state index in [1.54, 1.807) is 0 Å². The van der Waals surface area contributed by atoms with Gasteiger partial charge in [-0.2, -0.15) is 0 Å². The molecule has 1 heterocycles.